The molecule has 0 rings (SSSR count). The third-order valence-corrected chi connectivity index (χ3v) is 4.16. The molecular formula is C18H31N3O6. The molecule has 0 fully saturated rings. The summed E-state index contributed by atoms with van der Waals surface area (Å²) in [5.74, 6) is -3.92. The van der Waals surface area contributed by atoms with Crippen LogP contribution in [-0.4, -0.2) is 53.1 Å². The zero-order valence-corrected chi connectivity index (χ0v) is 16.4. The van der Waals surface area contributed by atoms with Gasteiger partial charge in [-0.1, -0.05) is 20.8 Å². The first kappa shape index (κ1) is 24.7. The number of aliphatic carboxylic acids is 1. The van der Waals surface area contributed by atoms with E-state index in [9.17, 15) is 24.0 Å². The second-order valence-electron chi connectivity index (χ2n) is 6.83. The molecule has 2 amide bonds. The lowest BCUT2D eigenvalue weighted by Crippen LogP contribution is -2.48. The first-order valence-corrected chi connectivity index (χ1v) is 9.11. The molecule has 27 heavy (non-hydrogen) atoms. The topological polar surface area (TPSA) is 156 Å². The SMILES string of the molecule is CCCC(=O)C[C@@H](C)C(=O)N[C@@H](C)C(=O)C[C@@H](C)C(=O)N[C@@H](CN)C(=O)O. The van der Waals surface area contributed by atoms with Gasteiger partial charge >= 0.3 is 5.97 Å². The molecule has 5 N–H and O–H groups in total. The highest BCUT2D eigenvalue weighted by Crippen LogP contribution is 2.09. The van der Waals surface area contributed by atoms with Crippen LogP contribution < -0.4 is 16.4 Å². The highest BCUT2D eigenvalue weighted by Gasteiger charge is 2.26. The summed E-state index contributed by atoms with van der Waals surface area (Å²) in [5.41, 5.74) is 5.27. The summed E-state index contributed by atoms with van der Waals surface area (Å²) in [6.45, 7) is 6.24. The number of carbonyl (C=O) groups excluding carboxylic acids is 4. The highest BCUT2D eigenvalue weighted by molar-refractivity contribution is 5.94. The number of rotatable bonds is 13. The Kier molecular flexibility index (Phi) is 11.1. The van der Waals surface area contributed by atoms with Crippen molar-refractivity contribution >= 4 is 29.4 Å². The summed E-state index contributed by atoms with van der Waals surface area (Å²) in [7, 11) is 0. The van der Waals surface area contributed by atoms with Crippen LogP contribution in [0.2, 0.25) is 0 Å². The van der Waals surface area contributed by atoms with Crippen molar-refractivity contribution in [3.8, 4) is 0 Å². The van der Waals surface area contributed by atoms with E-state index in [2.05, 4.69) is 10.6 Å². The Morgan fingerprint density at radius 2 is 1.44 bits per heavy atom. The number of carboxylic acid groups (broad SMARTS) is 1. The van der Waals surface area contributed by atoms with Crippen molar-refractivity contribution in [2.75, 3.05) is 6.54 Å². The lowest BCUT2D eigenvalue weighted by Gasteiger charge is -2.19. The molecule has 0 aliphatic carbocycles. The number of nitrogens with one attached hydrogen (secondary N) is 2. The van der Waals surface area contributed by atoms with Crippen molar-refractivity contribution in [2.45, 2.75) is 65.5 Å². The van der Waals surface area contributed by atoms with E-state index in [0.717, 1.165) is 6.42 Å². The number of hydrogen-bond acceptors (Lipinski definition) is 6. The average molecular weight is 385 g/mol. The number of carboxylic acids is 1. The van der Waals surface area contributed by atoms with Crippen LogP contribution in [0.4, 0.5) is 0 Å². The number of Topliss-reactive ketones (excluding diaryl/α,β-unsaturated/α-hetero) is 2. The highest BCUT2D eigenvalue weighted by atomic mass is 16.4. The van der Waals surface area contributed by atoms with Gasteiger partial charge in [-0.3, -0.25) is 19.2 Å². The average Bonchev–Trinajstić information content (AvgIpc) is 2.58. The zero-order valence-electron chi connectivity index (χ0n) is 16.4. The molecule has 4 atom stereocenters. The fraction of sp³-hybridized carbons (Fsp3) is 0.722. The summed E-state index contributed by atoms with van der Waals surface area (Å²) in [4.78, 5) is 58.8. The molecule has 154 valence electrons. The number of nitrogens with two attached hydrogens (primary N) is 1. The molecule has 0 aromatic rings. The third-order valence-electron chi connectivity index (χ3n) is 4.16. The zero-order chi connectivity index (χ0) is 21.1. The van der Waals surface area contributed by atoms with E-state index in [4.69, 9.17) is 10.8 Å². The Labute approximate surface area is 159 Å². The number of hydrogen-bond donors (Lipinski definition) is 4. The smallest absolute Gasteiger partial charge is 0.327 e. The minimum atomic E-state index is -1.25. The van der Waals surface area contributed by atoms with Gasteiger partial charge < -0.3 is 21.5 Å². The van der Waals surface area contributed by atoms with E-state index in [1.54, 1.807) is 6.92 Å². The summed E-state index contributed by atoms with van der Waals surface area (Å²) in [5, 5.41) is 13.7. The maximum atomic E-state index is 12.2. The Hall–Kier alpha value is -2.29. The Balaban J connectivity index is 4.55. The predicted octanol–water partition coefficient (Wildman–Crippen LogP) is 0.00990. The van der Waals surface area contributed by atoms with Gasteiger partial charge in [0.1, 0.15) is 11.8 Å². The number of ketones is 2. The molecule has 0 unspecified atom stereocenters. The molecule has 0 saturated carbocycles. The van der Waals surface area contributed by atoms with Crippen LogP contribution in [0.3, 0.4) is 0 Å². The minimum absolute atomic E-state index is 0.00249. The minimum Gasteiger partial charge on any atom is -0.480 e. The fourth-order valence-corrected chi connectivity index (χ4v) is 2.36. The largest absolute Gasteiger partial charge is 0.480 e. The van der Waals surface area contributed by atoms with E-state index in [-0.39, 0.29) is 31.0 Å². The lowest BCUT2D eigenvalue weighted by molar-refractivity contribution is -0.142. The number of carbonyl (C=O) groups is 5. The quantitative estimate of drug-likeness (QED) is 0.348. The summed E-state index contributed by atoms with van der Waals surface area (Å²) < 4.78 is 0. The van der Waals surface area contributed by atoms with E-state index >= 15 is 0 Å². The monoisotopic (exact) mass is 385 g/mol. The van der Waals surface area contributed by atoms with E-state index in [1.807, 2.05) is 6.92 Å². The molecular weight excluding hydrogens is 354 g/mol. The van der Waals surface area contributed by atoms with Crippen LogP contribution in [-0.2, 0) is 24.0 Å². The Morgan fingerprint density at radius 3 is 1.93 bits per heavy atom. The van der Waals surface area contributed by atoms with Gasteiger partial charge in [0.25, 0.3) is 0 Å². The first-order chi connectivity index (χ1) is 12.5. The Bertz CT molecular complexity index is 563. The fourth-order valence-electron chi connectivity index (χ4n) is 2.36. The van der Waals surface area contributed by atoms with E-state index in [1.165, 1.54) is 13.8 Å². The summed E-state index contributed by atoms with van der Waals surface area (Å²) in [6, 6.07) is -2.03. The van der Waals surface area contributed by atoms with Gasteiger partial charge in [0.2, 0.25) is 11.8 Å². The molecule has 0 saturated heterocycles. The molecule has 0 aromatic heterocycles. The van der Waals surface area contributed by atoms with Crippen LogP contribution in [0.15, 0.2) is 0 Å². The standard InChI is InChI=1S/C18H31N3O6/c1-5-6-13(22)7-10(2)16(24)20-12(4)15(23)8-11(3)17(25)21-14(9-19)18(26)27/h10-12,14H,5-9,19H2,1-4H3,(H,20,24)(H,21,25)(H,26,27)/t10-,11-,12+,14+/m1/s1. The molecule has 0 aliphatic heterocycles. The van der Waals surface area contributed by atoms with Gasteiger partial charge in [-0.2, -0.15) is 0 Å². The van der Waals surface area contributed by atoms with E-state index < -0.39 is 41.7 Å². The first-order valence-electron chi connectivity index (χ1n) is 9.11. The number of amides is 2. The second kappa shape index (κ2) is 12.2. The van der Waals surface area contributed by atoms with Gasteiger partial charge in [0.05, 0.1) is 6.04 Å². The van der Waals surface area contributed by atoms with Gasteiger partial charge in [0.15, 0.2) is 5.78 Å². The molecule has 9 nitrogen and oxygen atoms in total. The molecule has 9 heteroatoms. The van der Waals surface area contributed by atoms with Crippen molar-refractivity contribution in [3.05, 3.63) is 0 Å². The Morgan fingerprint density at radius 1 is 0.926 bits per heavy atom. The predicted molar refractivity (Wildman–Crippen MR) is 98.7 cm³/mol. The van der Waals surface area contributed by atoms with Crippen LogP contribution in [0.1, 0.15) is 53.4 Å². The van der Waals surface area contributed by atoms with Crippen molar-refractivity contribution in [1.82, 2.24) is 10.6 Å². The van der Waals surface area contributed by atoms with Crippen molar-refractivity contribution in [2.24, 2.45) is 17.6 Å². The second-order valence-corrected chi connectivity index (χ2v) is 6.83. The van der Waals surface area contributed by atoms with Crippen molar-refractivity contribution < 1.29 is 29.1 Å². The lowest BCUT2D eigenvalue weighted by atomic mass is 9.98. The van der Waals surface area contributed by atoms with Crippen molar-refractivity contribution in [1.29, 1.82) is 0 Å². The third kappa shape index (κ3) is 9.28. The van der Waals surface area contributed by atoms with Gasteiger partial charge in [0, 0.05) is 37.6 Å². The molecule has 0 heterocycles. The maximum Gasteiger partial charge on any atom is 0.327 e. The normalized spacial score (nSPS) is 15.1. The molecule has 0 spiro atoms. The molecule has 0 radical (unpaired) electrons. The van der Waals surface area contributed by atoms with Gasteiger partial charge in [-0.25, -0.2) is 4.79 Å². The molecule has 0 aromatic carbocycles. The van der Waals surface area contributed by atoms with E-state index in [0.29, 0.717) is 6.42 Å². The maximum absolute atomic E-state index is 12.2. The summed E-state index contributed by atoms with van der Waals surface area (Å²) >= 11 is 0. The molecule has 0 bridgehead atoms. The molecule has 0 aliphatic rings. The van der Waals surface area contributed by atoms with Crippen LogP contribution in [0.25, 0.3) is 0 Å². The van der Waals surface area contributed by atoms with Gasteiger partial charge in [-0.15, -0.1) is 0 Å². The van der Waals surface area contributed by atoms with Gasteiger partial charge in [-0.05, 0) is 13.3 Å². The van der Waals surface area contributed by atoms with Crippen LogP contribution in [0.5, 0.6) is 0 Å². The van der Waals surface area contributed by atoms with Crippen LogP contribution >= 0.6 is 0 Å². The summed E-state index contributed by atoms with van der Waals surface area (Å²) in [6.07, 6.45) is 1.09. The van der Waals surface area contributed by atoms with Crippen molar-refractivity contribution in [3.63, 3.8) is 0 Å². The van der Waals surface area contributed by atoms with Crippen LogP contribution in [0, 0.1) is 11.8 Å².